The highest BCUT2D eigenvalue weighted by atomic mass is 79.9. The second kappa shape index (κ2) is 7.44. The van der Waals surface area contributed by atoms with E-state index in [-0.39, 0.29) is 24.2 Å². The summed E-state index contributed by atoms with van der Waals surface area (Å²) in [7, 11) is 0. The number of amides is 2. The van der Waals surface area contributed by atoms with Crippen LogP contribution in [0, 0.1) is 12.8 Å². The van der Waals surface area contributed by atoms with Gasteiger partial charge in [-0.05, 0) is 35.0 Å². The molecule has 24 heavy (non-hydrogen) atoms. The SMILES string of the molecule is Cc1nc(CCNC(=O)C2CC(=O)N(c3ccccc3Br)C2)cs1. The highest BCUT2D eigenvalue weighted by Gasteiger charge is 2.35. The van der Waals surface area contributed by atoms with Gasteiger partial charge in [0.05, 0.1) is 22.3 Å². The Hall–Kier alpha value is -1.73. The van der Waals surface area contributed by atoms with Crippen LogP contribution in [-0.4, -0.2) is 29.9 Å². The number of halogens is 1. The Balaban J connectivity index is 1.55. The van der Waals surface area contributed by atoms with Crippen LogP contribution in [0.5, 0.6) is 0 Å². The van der Waals surface area contributed by atoms with Gasteiger partial charge >= 0.3 is 0 Å². The molecule has 0 spiro atoms. The number of nitrogens with one attached hydrogen (secondary N) is 1. The van der Waals surface area contributed by atoms with Gasteiger partial charge in [-0.1, -0.05) is 12.1 Å². The average molecular weight is 408 g/mol. The molecule has 1 aromatic heterocycles. The lowest BCUT2D eigenvalue weighted by Gasteiger charge is -2.18. The third-order valence-electron chi connectivity index (χ3n) is 3.99. The van der Waals surface area contributed by atoms with Crippen LogP contribution < -0.4 is 10.2 Å². The standard InChI is InChI=1S/C17H18BrN3O2S/c1-11-20-13(10-24-11)6-7-19-17(23)12-8-16(22)21(9-12)15-5-3-2-4-14(15)18/h2-5,10,12H,6-9H2,1H3,(H,19,23). The quantitative estimate of drug-likeness (QED) is 0.828. The number of carbonyl (C=O) groups excluding carboxylic acids is 2. The summed E-state index contributed by atoms with van der Waals surface area (Å²) in [6, 6.07) is 7.56. The first-order chi connectivity index (χ1) is 11.5. The molecule has 0 radical (unpaired) electrons. The topological polar surface area (TPSA) is 62.3 Å². The van der Waals surface area contributed by atoms with Crippen molar-refractivity contribution in [3.8, 4) is 0 Å². The smallest absolute Gasteiger partial charge is 0.227 e. The molecule has 0 aliphatic carbocycles. The molecule has 1 atom stereocenters. The van der Waals surface area contributed by atoms with Crippen molar-refractivity contribution in [1.82, 2.24) is 10.3 Å². The maximum absolute atomic E-state index is 12.3. The summed E-state index contributed by atoms with van der Waals surface area (Å²) in [5.41, 5.74) is 1.81. The largest absolute Gasteiger partial charge is 0.355 e. The van der Waals surface area contributed by atoms with E-state index >= 15 is 0 Å². The van der Waals surface area contributed by atoms with Crippen molar-refractivity contribution in [3.63, 3.8) is 0 Å². The number of benzene rings is 1. The first-order valence-electron chi connectivity index (χ1n) is 7.78. The minimum Gasteiger partial charge on any atom is -0.355 e. The number of rotatable bonds is 5. The average Bonchev–Trinajstić information content (AvgIpc) is 3.14. The van der Waals surface area contributed by atoms with E-state index in [9.17, 15) is 9.59 Å². The minimum absolute atomic E-state index is 0.0165. The molecule has 2 aromatic rings. The maximum atomic E-state index is 12.3. The lowest BCUT2D eigenvalue weighted by molar-refractivity contribution is -0.126. The highest BCUT2D eigenvalue weighted by molar-refractivity contribution is 9.10. The van der Waals surface area contributed by atoms with Crippen molar-refractivity contribution in [3.05, 3.63) is 44.8 Å². The van der Waals surface area contributed by atoms with E-state index < -0.39 is 0 Å². The number of aromatic nitrogens is 1. The summed E-state index contributed by atoms with van der Waals surface area (Å²) in [6.45, 7) is 2.93. The fraction of sp³-hybridized carbons (Fsp3) is 0.353. The molecule has 126 valence electrons. The molecular formula is C17H18BrN3O2S. The second-order valence-electron chi connectivity index (χ2n) is 5.76. The summed E-state index contributed by atoms with van der Waals surface area (Å²) < 4.78 is 0.860. The Kier molecular flexibility index (Phi) is 5.30. The Bertz CT molecular complexity index is 762. The Morgan fingerprint density at radius 2 is 2.25 bits per heavy atom. The molecular weight excluding hydrogens is 390 g/mol. The van der Waals surface area contributed by atoms with Crippen LogP contribution in [0.1, 0.15) is 17.1 Å². The molecule has 1 N–H and O–H groups in total. The number of hydrogen-bond donors (Lipinski definition) is 1. The molecule has 5 nitrogen and oxygen atoms in total. The molecule has 0 bridgehead atoms. The van der Waals surface area contributed by atoms with E-state index in [4.69, 9.17) is 0 Å². The number of nitrogens with zero attached hydrogens (tertiary/aromatic N) is 2. The summed E-state index contributed by atoms with van der Waals surface area (Å²) in [6.07, 6.45) is 0.966. The molecule has 1 aliphatic rings. The van der Waals surface area contributed by atoms with Crippen LogP contribution in [0.2, 0.25) is 0 Å². The summed E-state index contributed by atoms with van der Waals surface area (Å²) in [5.74, 6) is -0.385. The Morgan fingerprint density at radius 1 is 1.46 bits per heavy atom. The fourth-order valence-corrected chi connectivity index (χ4v) is 3.91. The zero-order valence-electron chi connectivity index (χ0n) is 13.3. The lowest BCUT2D eigenvalue weighted by atomic mass is 10.1. The highest BCUT2D eigenvalue weighted by Crippen LogP contribution is 2.31. The van der Waals surface area contributed by atoms with E-state index in [0.29, 0.717) is 19.5 Å². The molecule has 1 fully saturated rings. The van der Waals surface area contributed by atoms with Crippen molar-refractivity contribution in [2.45, 2.75) is 19.8 Å². The van der Waals surface area contributed by atoms with E-state index in [2.05, 4.69) is 26.2 Å². The third kappa shape index (κ3) is 3.84. The molecule has 0 saturated carbocycles. The summed E-state index contributed by atoms with van der Waals surface area (Å²) >= 11 is 5.07. The van der Waals surface area contributed by atoms with Crippen LogP contribution in [0.3, 0.4) is 0 Å². The van der Waals surface area contributed by atoms with Gasteiger partial charge in [0.2, 0.25) is 11.8 Å². The van der Waals surface area contributed by atoms with Gasteiger partial charge in [0, 0.05) is 35.8 Å². The molecule has 1 aromatic carbocycles. The number of anilines is 1. The summed E-state index contributed by atoms with van der Waals surface area (Å²) in [5, 5.41) is 5.96. The number of aryl methyl sites for hydroxylation is 1. The lowest BCUT2D eigenvalue weighted by Crippen LogP contribution is -2.34. The van der Waals surface area contributed by atoms with E-state index in [1.165, 1.54) is 0 Å². The van der Waals surface area contributed by atoms with Gasteiger partial charge in [-0.25, -0.2) is 4.98 Å². The number of carbonyl (C=O) groups is 2. The van der Waals surface area contributed by atoms with E-state index in [1.807, 2.05) is 36.6 Å². The van der Waals surface area contributed by atoms with Crippen LogP contribution in [-0.2, 0) is 16.0 Å². The molecule has 1 saturated heterocycles. The molecule has 3 rings (SSSR count). The van der Waals surface area contributed by atoms with Gasteiger partial charge in [0.15, 0.2) is 0 Å². The van der Waals surface area contributed by atoms with Gasteiger partial charge in [-0.3, -0.25) is 9.59 Å². The summed E-state index contributed by atoms with van der Waals surface area (Å²) in [4.78, 5) is 30.6. The van der Waals surface area contributed by atoms with Gasteiger partial charge in [0.1, 0.15) is 0 Å². The van der Waals surface area contributed by atoms with Gasteiger partial charge < -0.3 is 10.2 Å². The van der Waals surface area contributed by atoms with Crippen LogP contribution in [0.25, 0.3) is 0 Å². The fourth-order valence-electron chi connectivity index (χ4n) is 2.77. The predicted octanol–water partition coefficient (Wildman–Crippen LogP) is 2.93. The van der Waals surface area contributed by atoms with Gasteiger partial charge in [-0.2, -0.15) is 0 Å². The van der Waals surface area contributed by atoms with Crippen molar-refractivity contribution in [1.29, 1.82) is 0 Å². The van der Waals surface area contributed by atoms with Crippen molar-refractivity contribution < 1.29 is 9.59 Å². The molecule has 1 aliphatic heterocycles. The second-order valence-corrected chi connectivity index (χ2v) is 7.67. The maximum Gasteiger partial charge on any atom is 0.227 e. The number of hydrogen-bond acceptors (Lipinski definition) is 4. The van der Waals surface area contributed by atoms with Crippen LogP contribution in [0.4, 0.5) is 5.69 Å². The minimum atomic E-state index is -0.304. The van der Waals surface area contributed by atoms with Crippen molar-refractivity contribution in [2.24, 2.45) is 5.92 Å². The number of thiazole rings is 1. The first-order valence-corrected chi connectivity index (χ1v) is 9.45. The molecule has 7 heteroatoms. The van der Waals surface area contributed by atoms with Crippen molar-refractivity contribution in [2.75, 3.05) is 18.0 Å². The zero-order chi connectivity index (χ0) is 17.1. The molecule has 1 unspecified atom stereocenters. The van der Waals surface area contributed by atoms with E-state index in [0.717, 1.165) is 20.9 Å². The van der Waals surface area contributed by atoms with Gasteiger partial charge in [0.25, 0.3) is 0 Å². The van der Waals surface area contributed by atoms with Crippen LogP contribution in [0.15, 0.2) is 34.1 Å². The third-order valence-corrected chi connectivity index (χ3v) is 5.48. The monoisotopic (exact) mass is 407 g/mol. The zero-order valence-corrected chi connectivity index (χ0v) is 15.7. The predicted molar refractivity (Wildman–Crippen MR) is 98.2 cm³/mol. The molecule has 2 heterocycles. The number of para-hydroxylation sites is 1. The van der Waals surface area contributed by atoms with Gasteiger partial charge in [-0.15, -0.1) is 11.3 Å². The Morgan fingerprint density at radius 3 is 2.96 bits per heavy atom. The first kappa shape index (κ1) is 17.1. The normalized spacial score (nSPS) is 17.3. The van der Waals surface area contributed by atoms with Crippen LogP contribution >= 0.6 is 27.3 Å². The Labute approximate surface area is 153 Å². The molecule has 2 amide bonds. The van der Waals surface area contributed by atoms with Crippen molar-refractivity contribution >= 4 is 44.8 Å². The van der Waals surface area contributed by atoms with E-state index in [1.54, 1.807) is 16.2 Å².